The minimum Gasteiger partial charge on any atom is -0.497 e. The quantitative estimate of drug-likeness (QED) is 0.765. The summed E-state index contributed by atoms with van der Waals surface area (Å²) in [5.74, 6) is 2.36. The van der Waals surface area contributed by atoms with Gasteiger partial charge in [-0.1, -0.05) is 13.8 Å². The average molecular weight is 247 g/mol. The Labute approximate surface area is 109 Å². The number of hydrogen-bond acceptors (Lipinski definition) is 3. The molecule has 0 bridgehead atoms. The molecule has 2 atom stereocenters. The van der Waals surface area contributed by atoms with Crippen LogP contribution in [0.3, 0.4) is 0 Å². The molecule has 0 aromatic heterocycles. The van der Waals surface area contributed by atoms with E-state index in [1.54, 1.807) is 7.11 Å². The van der Waals surface area contributed by atoms with Crippen LogP contribution in [0.1, 0.15) is 24.2 Å². The molecular formula is C15H21NO2. The van der Waals surface area contributed by atoms with Crippen LogP contribution in [-0.2, 0) is 0 Å². The maximum atomic E-state index is 12.1. The molecule has 3 heteroatoms. The van der Waals surface area contributed by atoms with Crippen molar-refractivity contribution < 1.29 is 9.53 Å². The lowest BCUT2D eigenvalue weighted by Gasteiger charge is -2.14. The molecule has 2 unspecified atom stereocenters. The van der Waals surface area contributed by atoms with E-state index in [9.17, 15) is 4.79 Å². The third-order valence-corrected chi connectivity index (χ3v) is 3.84. The zero-order valence-corrected chi connectivity index (χ0v) is 11.3. The maximum absolute atomic E-state index is 12.1. The molecule has 1 saturated heterocycles. The summed E-state index contributed by atoms with van der Waals surface area (Å²) in [6, 6.07) is 7.35. The summed E-state index contributed by atoms with van der Waals surface area (Å²) in [5, 5.41) is 0. The molecule has 1 fully saturated rings. The maximum Gasteiger partial charge on any atom is 0.176 e. The number of likely N-dealkylation sites (tertiary alicyclic amines) is 1. The Morgan fingerprint density at radius 1 is 1.22 bits per heavy atom. The van der Waals surface area contributed by atoms with Crippen LogP contribution in [0.2, 0.25) is 0 Å². The van der Waals surface area contributed by atoms with Gasteiger partial charge in [-0.3, -0.25) is 9.69 Å². The molecule has 0 saturated carbocycles. The van der Waals surface area contributed by atoms with Gasteiger partial charge in [0, 0.05) is 18.7 Å². The number of hydrogen-bond donors (Lipinski definition) is 0. The first-order valence-corrected chi connectivity index (χ1v) is 6.49. The highest BCUT2D eigenvalue weighted by Crippen LogP contribution is 2.22. The largest absolute Gasteiger partial charge is 0.497 e. The monoisotopic (exact) mass is 247 g/mol. The second-order valence-corrected chi connectivity index (χ2v) is 5.30. The molecule has 3 nitrogen and oxygen atoms in total. The predicted octanol–water partition coefficient (Wildman–Crippen LogP) is 2.47. The zero-order chi connectivity index (χ0) is 13.1. The number of Topliss-reactive ketones (excluding diaryl/α,β-unsaturated/α-hetero) is 1. The second-order valence-electron chi connectivity index (χ2n) is 5.30. The molecule has 1 aliphatic rings. The molecular weight excluding hydrogens is 226 g/mol. The van der Waals surface area contributed by atoms with Crippen molar-refractivity contribution in [2.24, 2.45) is 11.8 Å². The van der Waals surface area contributed by atoms with Crippen LogP contribution in [0.15, 0.2) is 24.3 Å². The van der Waals surface area contributed by atoms with Gasteiger partial charge in [0.1, 0.15) is 5.75 Å². The molecule has 98 valence electrons. The summed E-state index contributed by atoms with van der Waals surface area (Å²) < 4.78 is 5.09. The van der Waals surface area contributed by atoms with Crippen molar-refractivity contribution in [3.8, 4) is 5.75 Å². The van der Waals surface area contributed by atoms with Gasteiger partial charge in [0.25, 0.3) is 0 Å². The van der Waals surface area contributed by atoms with Crippen molar-refractivity contribution in [1.82, 2.24) is 4.90 Å². The van der Waals surface area contributed by atoms with Gasteiger partial charge in [-0.25, -0.2) is 0 Å². The molecule has 0 aliphatic carbocycles. The van der Waals surface area contributed by atoms with Crippen molar-refractivity contribution in [2.45, 2.75) is 13.8 Å². The van der Waals surface area contributed by atoms with Gasteiger partial charge >= 0.3 is 0 Å². The van der Waals surface area contributed by atoms with Gasteiger partial charge in [-0.05, 0) is 36.1 Å². The second kappa shape index (κ2) is 5.53. The van der Waals surface area contributed by atoms with Crippen molar-refractivity contribution in [2.75, 3.05) is 26.7 Å². The fourth-order valence-electron chi connectivity index (χ4n) is 2.45. The van der Waals surface area contributed by atoms with E-state index in [2.05, 4.69) is 18.7 Å². The van der Waals surface area contributed by atoms with Crippen LogP contribution in [0.4, 0.5) is 0 Å². The lowest BCUT2D eigenvalue weighted by atomic mass is 10.0. The van der Waals surface area contributed by atoms with Crippen molar-refractivity contribution in [1.29, 1.82) is 0 Å². The third-order valence-electron chi connectivity index (χ3n) is 3.84. The SMILES string of the molecule is COc1ccc(C(=O)CN2CC(C)C(C)C2)cc1. The van der Waals surface area contributed by atoms with E-state index < -0.39 is 0 Å². The Balaban J connectivity index is 1.95. The summed E-state index contributed by atoms with van der Waals surface area (Å²) in [5.41, 5.74) is 0.767. The number of nitrogens with zero attached hydrogens (tertiary/aromatic N) is 1. The number of benzene rings is 1. The molecule has 0 N–H and O–H groups in total. The fourth-order valence-corrected chi connectivity index (χ4v) is 2.45. The molecule has 1 aromatic rings. The van der Waals surface area contributed by atoms with Crippen molar-refractivity contribution in [3.63, 3.8) is 0 Å². The fraction of sp³-hybridized carbons (Fsp3) is 0.533. The van der Waals surface area contributed by atoms with Gasteiger partial charge < -0.3 is 4.74 Å². The first kappa shape index (κ1) is 13.1. The Hall–Kier alpha value is -1.35. The Kier molecular flexibility index (Phi) is 4.02. The van der Waals surface area contributed by atoms with E-state index in [4.69, 9.17) is 4.74 Å². The smallest absolute Gasteiger partial charge is 0.176 e. The van der Waals surface area contributed by atoms with E-state index in [1.165, 1.54) is 0 Å². The molecule has 2 rings (SSSR count). The Bertz CT molecular complexity index is 403. The number of carbonyl (C=O) groups is 1. The Morgan fingerprint density at radius 3 is 2.28 bits per heavy atom. The zero-order valence-electron chi connectivity index (χ0n) is 11.3. The van der Waals surface area contributed by atoms with Crippen LogP contribution >= 0.6 is 0 Å². The third kappa shape index (κ3) is 2.91. The Morgan fingerprint density at radius 2 is 1.78 bits per heavy atom. The van der Waals surface area contributed by atoms with Gasteiger partial charge in [0.05, 0.1) is 13.7 Å². The number of methoxy groups -OCH3 is 1. The first-order chi connectivity index (χ1) is 8.60. The lowest BCUT2D eigenvalue weighted by Crippen LogP contribution is -2.28. The van der Waals surface area contributed by atoms with Crippen LogP contribution in [0.5, 0.6) is 5.75 Å². The standard InChI is InChI=1S/C15H21NO2/c1-11-8-16(9-12(11)2)10-15(17)13-4-6-14(18-3)7-5-13/h4-7,11-12H,8-10H2,1-3H3. The predicted molar refractivity (Wildman–Crippen MR) is 72.1 cm³/mol. The molecule has 1 aliphatic heterocycles. The highest BCUT2D eigenvalue weighted by Gasteiger charge is 2.27. The van der Waals surface area contributed by atoms with Crippen LogP contribution in [0.25, 0.3) is 0 Å². The van der Waals surface area contributed by atoms with Gasteiger partial charge in [0.15, 0.2) is 5.78 Å². The van der Waals surface area contributed by atoms with Crippen molar-refractivity contribution >= 4 is 5.78 Å². The van der Waals surface area contributed by atoms with Gasteiger partial charge in [0.2, 0.25) is 0 Å². The van der Waals surface area contributed by atoms with E-state index in [-0.39, 0.29) is 5.78 Å². The first-order valence-electron chi connectivity index (χ1n) is 6.49. The number of rotatable bonds is 4. The van der Waals surface area contributed by atoms with E-state index in [1.807, 2.05) is 24.3 Å². The highest BCUT2D eigenvalue weighted by atomic mass is 16.5. The summed E-state index contributed by atoms with van der Waals surface area (Å²) in [6.07, 6.45) is 0. The normalized spacial score (nSPS) is 24.2. The molecule has 0 amide bonds. The minimum atomic E-state index is 0.193. The molecule has 18 heavy (non-hydrogen) atoms. The van der Waals surface area contributed by atoms with E-state index in [0.29, 0.717) is 18.4 Å². The molecule has 1 aromatic carbocycles. The molecule has 0 spiro atoms. The highest BCUT2D eigenvalue weighted by molar-refractivity contribution is 5.97. The van der Waals surface area contributed by atoms with Gasteiger partial charge in [-0.2, -0.15) is 0 Å². The van der Waals surface area contributed by atoms with Gasteiger partial charge in [-0.15, -0.1) is 0 Å². The minimum absolute atomic E-state index is 0.193. The van der Waals surface area contributed by atoms with Crippen LogP contribution < -0.4 is 4.74 Å². The summed E-state index contributed by atoms with van der Waals surface area (Å²) in [7, 11) is 1.63. The van der Waals surface area contributed by atoms with Crippen LogP contribution in [-0.4, -0.2) is 37.4 Å². The van der Waals surface area contributed by atoms with Crippen molar-refractivity contribution in [3.05, 3.63) is 29.8 Å². The molecule has 1 heterocycles. The number of ketones is 1. The van der Waals surface area contributed by atoms with Crippen LogP contribution in [0, 0.1) is 11.8 Å². The number of ether oxygens (including phenoxy) is 1. The summed E-state index contributed by atoms with van der Waals surface area (Å²) in [4.78, 5) is 14.4. The summed E-state index contributed by atoms with van der Waals surface area (Å²) >= 11 is 0. The lowest BCUT2D eigenvalue weighted by molar-refractivity contribution is 0.0942. The van der Waals surface area contributed by atoms with E-state index >= 15 is 0 Å². The van der Waals surface area contributed by atoms with E-state index in [0.717, 1.165) is 24.4 Å². The topological polar surface area (TPSA) is 29.5 Å². The average Bonchev–Trinajstić information content (AvgIpc) is 2.68. The molecule has 0 radical (unpaired) electrons. The summed E-state index contributed by atoms with van der Waals surface area (Å²) in [6.45, 7) is 7.10. The number of carbonyl (C=O) groups excluding carboxylic acids is 1.